The lowest BCUT2D eigenvalue weighted by atomic mass is 9.41. The normalized spacial score (nSPS) is 55.4. The maximum Gasteiger partial charge on any atom is 0.314 e. The molecule has 314 valence electrons. The number of fused-ring (bicyclic) bond motifs is 3. The molecule has 0 aromatic heterocycles. The molecule has 7 fully saturated rings. The summed E-state index contributed by atoms with van der Waals surface area (Å²) in [5, 5.41) is 104. The van der Waals surface area contributed by atoms with E-state index < -0.39 is 122 Å². The molecule has 4 aliphatic carbocycles. The number of ether oxygens (including phenoxy) is 6. The number of esters is 1. The minimum atomic E-state index is -1.70. The van der Waals surface area contributed by atoms with Gasteiger partial charge in [-0.1, -0.05) is 19.9 Å². The Balaban J connectivity index is 1.10. The molecule has 3 heterocycles. The van der Waals surface area contributed by atoms with E-state index in [1.54, 1.807) is 0 Å². The van der Waals surface area contributed by atoms with Crippen LogP contribution < -0.4 is 0 Å². The van der Waals surface area contributed by atoms with Crippen LogP contribution in [0.4, 0.5) is 0 Å². The van der Waals surface area contributed by atoms with Crippen molar-refractivity contribution in [1.82, 2.24) is 0 Å². The summed E-state index contributed by atoms with van der Waals surface area (Å²) in [5.41, 5.74) is -1.66. The number of rotatable bonds is 8. The fourth-order valence-electron chi connectivity index (χ4n) is 12.0. The van der Waals surface area contributed by atoms with Gasteiger partial charge in [-0.2, -0.15) is 0 Å². The van der Waals surface area contributed by atoms with Crippen LogP contribution in [-0.4, -0.2) is 168 Å². The first-order chi connectivity index (χ1) is 25.9. The first kappa shape index (κ1) is 41.8. The molecule has 1 spiro atoms. The third kappa shape index (κ3) is 6.63. The van der Waals surface area contributed by atoms with Gasteiger partial charge in [0.2, 0.25) is 6.29 Å². The highest BCUT2D eigenvalue weighted by Crippen LogP contribution is 2.73. The highest BCUT2D eigenvalue weighted by molar-refractivity contribution is 5.77. The van der Waals surface area contributed by atoms with Gasteiger partial charge in [0, 0.05) is 0 Å². The lowest BCUT2D eigenvalue weighted by Crippen LogP contribution is -2.65. The van der Waals surface area contributed by atoms with Crippen molar-refractivity contribution in [1.29, 1.82) is 0 Å². The standard InChI is InChI=1S/C38H60O17/c1-16-12-37-10-6-20-35(3,8-5-9-36(20,4)34(49)54-32-29(48)26(45)23(42)18(13-39)51-32)21(37)7-11-38(16,15-37)55-33-30(27(46)24(43)19(14-40)52-33)53-31-28(47)25(44)22(41)17(2)50-31/h17-33,39-48H,1,5-15H2,2-4H3/t17-,18+,19+,20-,21-,22-,23+,24+,25+,26-,27-,28+,29+,30+,31+,32-,33-,35+,36+,37+,38-/m0/s1. The Morgan fingerprint density at radius 2 is 1.33 bits per heavy atom. The minimum absolute atomic E-state index is 0.108. The molecule has 2 bridgehead atoms. The van der Waals surface area contributed by atoms with Crippen LogP contribution in [0.2, 0.25) is 0 Å². The molecular formula is C38H60O17. The molecule has 10 N–H and O–H groups in total. The van der Waals surface area contributed by atoms with Crippen LogP contribution in [0, 0.1) is 28.1 Å². The Kier molecular flexibility index (Phi) is 11.4. The molecule has 4 saturated carbocycles. The van der Waals surface area contributed by atoms with Crippen molar-refractivity contribution in [2.45, 2.75) is 176 Å². The Morgan fingerprint density at radius 1 is 0.727 bits per heavy atom. The first-order valence-corrected chi connectivity index (χ1v) is 19.7. The maximum atomic E-state index is 14.1. The van der Waals surface area contributed by atoms with Gasteiger partial charge in [-0.05, 0) is 93.5 Å². The first-order valence-electron chi connectivity index (χ1n) is 19.7. The molecular weight excluding hydrogens is 728 g/mol. The third-order valence-electron chi connectivity index (χ3n) is 14.9. The molecule has 0 amide bonds. The highest BCUT2D eigenvalue weighted by Gasteiger charge is 2.69. The van der Waals surface area contributed by atoms with Crippen molar-refractivity contribution in [3.63, 3.8) is 0 Å². The molecule has 17 heteroatoms. The number of aliphatic hydroxyl groups excluding tert-OH is 10. The van der Waals surface area contributed by atoms with E-state index >= 15 is 0 Å². The van der Waals surface area contributed by atoms with E-state index in [4.69, 9.17) is 28.4 Å². The van der Waals surface area contributed by atoms with E-state index in [-0.39, 0.29) is 22.7 Å². The van der Waals surface area contributed by atoms with Gasteiger partial charge in [-0.15, -0.1) is 0 Å². The van der Waals surface area contributed by atoms with Crippen molar-refractivity contribution >= 4 is 5.97 Å². The fraction of sp³-hybridized carbons (Fsp3) is 0.921. The topological polar surface area (TPSA) is 275 Å². The summed E-state index contributed by atoms with van der Waals surface area (Å²) in [5.74, 6) is -0.536. The molecule has 7 rings (SSSR count). The van der Waals surface area contributed by atoms with E-state index in [2.05, 4.69) is 13.5 Å². The van der Waals surface area contributed by atoms with Crippen LogP contribution in [0.25, 0.3) is 0 Å². The van der Waals surface area contributed by atoms with Gasteiger partial charge in [0.25, 0.3) is 0 Å². The molecule has 0 aromatic carbocycles. The molecule has 3 saturated heterocycles. The van der Waals surface area contributed by atoms with Crippen LogP contribution >= 0.6 is 0 Å². The van der Waals surface area contributed by atoms with Crippen molar-refractivity contribution in [2.75, 3.05) is 13.2 Å². The largest absolute Gasteiger partial charge is 0.432 e. The zero-order chi connectivity index (χ0) is 40.0. The predicted molar refractivity (Wildman–Crippen MR) is 185 cm³/mol. The molecule has 7 aliphatic rings. The van der Waals surface area contributed by atoms with Crippen molar-refractivity contribution < 1.29 is 84.3 Å². The molecule has 55 heavy (non-hydrogen) atoms. The molecule has 17 nitrogen and oxygen atoms in total. The van der Waals surface area contributed by atoms with Crippen LogP contribution in [0.1, 0.15) is 78.6 Å². The lowest BCUT2D eigenvalue weighted by Gasteiger charge is -2.64. The minimum Gasteiger partial charge on any atom is -0.432 e. The third-order valence-corrected chi connectivity index (χ3v) is 14.9. The number of carbonyl (C=O) groups excluding carboxylic acids is 1. The average Bonchev–Trinajstić information content (AvgIpc) is 3.35. The van der Waals surface area contributed by atoms with E-state index in [9.17, 15) is 55.9 Å². The molecule has 0 aromatic rings. The van der Waals surface area contributed by atoms with E-state index in [1.165, 1.54) is 6.92 Å². The van der Waals surface area contributed by atoms with Gasteiger partial charge < -0.3 is 79.5 Å². The van der Waals surface area contributed by atoms with E-state index in [0.29, 0.717) is 38.5 Å². The second-order valence-electron chi connectivity index (χ2n) is 18.0. The summed E-state index contributed by atoms with van der Waals surface area (Å²) in [4.78, 5) is 14.1. The van der Waals surface area contributed by atoms with Crippen molar-refractivity contribution in [3.05, 3.63) is 12.2 Å². The van der Waals surface area contributed by atoms with E-state index in [0.717, 1.165) is 24.8 Å². The van der Waals surface area contributed by atoms with Crippen LogP contribution in [-0.2, 0) is 33.2 Å². The van der Waals surface area contributed by atoms with Crippen molar-refractivity contribution in [3.8, 4) is 0 Å². The molecule has 0 radical (unpaired) electrons. The van der Waals surface area contributed by atoms with Crippen LogP contribution in [0.5, 0.6) is 0 Å². The molecule has 3 aliphatic heterocycles. The Morgan fingerprint density at radius 3 is 2.00 bits per heavy atom. The maximum absolute atomic E-state index is 14.1. The van der Waals surface area contributed by atoms with Gasteiger partial charge >= 0.3 is 5.97 Å². The lowest BCUT2D eigenvalue weighted by molar-refractivity contribution is -0.376. The summed E-state index contributed by atoms with van der Waals surface area (Å²) in [6.07, 6.45) is -16.2. The van der Waals surface area contributed by atoms with Crippen LogP contribution in [0.3, 0.4) is 0 Å². The zero-order valence-electron chi connectivity index (χ0n) is 31.6. The number of aliphatic hydroxyl groups is 10. The second-order valence-corrected chi connectivity index (χ2v) is 18.0. The monoisotopic (exact) mass is 788 g/mol. The Bertz CT molecular complexity index is 1430. The Hall–Kier alpha value is -1.39. The van der Waals surface area contributed by atoms with Gasteiger partial charge in [-0.3, -0.25) is 4.79 Å². The SMILES string of the molecule is C=C1C[C@@]23CC[C@H]4[C@@](C)(CCC[C@@]4(C)C(=O)O[C@@H]4O[C@H](CO)[C@@H](O)[C@H](O)[C@H]4O)[C@@H]2CC[C@]1(O[C@@H]1O[C@H](CO)[C@@H](O)[C@H](O)[C@H]1O[C@H]1O[C@@H](C)[C@H](O)[C@@H](O)[C@H]1O)C3. The van der Waals surface area contributed by atoms with Gasteiger partial charge in [0.15, 0.2) is 12.6 Å². The Labute approximate surface area is 319 Å². The van der Waals surface area contributed by atoms with E-state index in [1.807, 2.05) is 6.92 Å². The van der Waals surface area contributed by atoms with Crippen molar-refractivity contribution in [2.24, 2.45) is 28.1 Å². The smallest absolute Gasteiger partial charge is 0.314 e. The zero-order valence-corrected chi connectivity index (χ0v) is 31.6. The molecule has 0 unspecified atom stereocenters. The van der Waals surface area contributed by atoms with Gasteiger partial charge in [0.05, 0.1) is 30.3 Å². The average molecular weight is 789 g/mol. The highest BCUT2D eigenvalue weighted by atomic mass is 16.8. The summed E-state index contributed by atoms with van der Waals surface area (Å²) < 4.78 is 35.8. The summed E-state index contributed by atoms with van der Waals surface area (Å²) in [6.45, 7) is 8.81. The second kappa shape index (κ2) is 15.0. The summed E-state index contributed by atoms with van der Waals surface area (Å²) >= 11 is 0. The van der Waals surface area contributed by atoms with Gasteiger partial charge in [-0.25, -0.2) is 0 Å². The summed E-state index contributed by atoms with van der Waals surface area (Å²) in [6, 6.07) is 0. The summed E-state index contributed by atoms with van der Waals surface area (Å²) in [7, 11) is 0. The number of carbonyl (C=O) groups is 1. The fourth-order valence-corrected chi connectivity index (χ4v) is 12.0. The number of hydrogen-bond acceptors (Lipinski definition) is 17. The van der Waals surface area contributed by atoms with Crippen LogP contribution in [0.15, 0.2) is 12.2 Å². The quantitative estimate of drug-likeness (QED) is 0.0730. The number of hydrogen-bond donors (Lipinski definition) is 10. The van der Waals surface area contributed by atoms with Gasteiger partial charge in [0.1, 0.15) is 67.1 Å². The molecule has 21 atom stereocenters. The predicted octanol–water partition coefficient (Wildman–Crippen LogP) is -1.91.